The van der Waals surface area contributed by atoms with Gasteiger partial charge < -0.3 is 9.47 Å². The maximum Gasteiger partial charge on any atom is 0.269 e. The van der Waals surface area contributed by atoms with Gasteiger partial charge in [0.15, 0.2) is 23.4 Å². The van der Waals surface area contributed by atoms with Gasteiger partial charge in [-0.05, 0) is 60.7 Å². The minimum absolute atomic E-state index is 0.0467. The number of ether oxygens (including phenoxy) is 2. The molecule has 0 saturated heterocycles. The maximum atomic E-state index is 12.5. The second kappa shape index (κ2) is 11.0. The standard InChI is InChI=1S/C26H22BrN5O4S/c27-18-12-10-17(11-13-18)25(34)29-28-23(33)14-15-31-26(37)32(19-6-2-1-3-7-19)24(30-31)22-16-35-20-8-4-5-9-21(20)36-22/h1-13,22H,14-16H2,(H,28,33)(H,29,34). The number of aromatic nitrogens is 3. The summed E-state index contributed by atoms with van der Waals surface area (Å²) in [6.07, 6.45) is -0.456. The predicted molar refractivity (Wildman–Crippen MR) is 142 cm³/mol. The molecule has 5 rings (SSSR count). The topological polar surface area (TPSA) is 99.4 Å². The zero-order valence-electron chi connectivity index (χ0n) is 19.5. The van der Waals surface area contributed by atoms with Crippen molar-refractivity contribution in [2.75, 3.05) is 6.61 Å². The number of aryl methyl sites for hydroxylation is 1. The predicted octanol–water partition coefficient (Wildman–Crippen LogP) is 4.53. The molecule has 0 bridgehead atoms. The van der Waals surface area contributed by atoms with E-state index in [1.165, 1.54) is 0 Å². The van der Waals surface area contributed by atoms with Crippen LogP contribution in [0.15, 0.2) is 83.3 Å². The highest BCUT2D eigenvalue weighted by atomic mass is 79.9. The largest absolute Gasteiger partial charge is 0.485 e. The van der Waals surface area contributed by atoms with Gasteiger partial charge in [0.25, 0.3) is 5.91 Å². The van der Waals surface area contributed by atoms with Crippen LogP contribution in [-0.4, -0.2) is 32.8 Å². The number of nitrogens with one attached hydrogen (secondary N) is 2. The van der Waals surface area contributed by atoms with E-state index in [4.69, 9.17) is 26.8 Å². The van der Waals surface area contributed by atoms with Crippen molar-refractivity contribution < 1.29 is 19.1 Å². The summed E-state index contributed by atoms with van der Waals surface area (Å²) in [4.78, 5) is 24.7. The molecule has 0 spiro atoms. The van der Waals surface area contributed by atoms with Crippen LogP contribution in [0.5, 0.6) is 11.5 Å². The Kier molecular flexibility index (Phi) is 7.33. The summed E-state index contributed by atoms with van der Waals surface area (Å²) in [6, 6.07) is 23.8. The molecule has 11 heteroatoms. The lowest BCUT2D eigenvalue weighted by Crippen LogP contribution is -2.41. The highest BCUT2D eigenvalue weighted by molar-refractivity contribution is 9.10. The molecule has 0 fully saturated rings. The van der Waals surface area contributed by atoms with Crippen LogP contribution in [-0.2, 0) is 11.3 Å². The summed E-state index contributed by atoms with van der Waals surface area (Å²) in [5.41, 5.74) is 6.10. The van der Waals surface area contributed by atoms with E-state index in [1.54, 1.807) is 28.9 Å². The average molecular weight is 580 g/mol. The van der Waals surface area contributed by atoms with Crippen LogP contribution >= 0.6 is 28.1 Å². The summed E-state index contributed by atoms with van der Waals surface area (Å²) < 4.78 is 16.8. The molecule has 2 N–H and O–H groups in total. The number of rotatable bonds is 6. The Labute approximate surface area is 226 Å². The molecule has 1 aliphatic heterocycles. The number of benzene rings is 3. The van der Waals surface area contributed by atoms with Gasteiger partial charge in [-0.15, -0.1) is 0 Å². The van der Waals surface area contributed by atoms with Gasteiger partial charge in [0, 0.05) is 22.1 Å². The molecule has 4 aromatic rings. The lowest BCUT2D eigenvalue weighted by molar-refractivity contribution is -0.122. The van der Waals surface area contributed by atoms with E-state index in [0.717, 1.165) is 10.2 Å². The Bertz CT molecular complexity index is 1490. The van der Waals surface area contributed by atoms with Crippen molar-refractivity contribution in [3.05, 3.63) is 99.5 Å². The molecule has 3 aromatic carbocycles. The monoisotopic (exact) mass is 579 g/mol. The van der Waals surface area contributed by atoms with E-state index in [9.17, 15) is 9.59 Å². The third-order valence-electron chi connectivity index (χ3n) is 5.65. The summed E-state index contributed by atoms with van der Waals surface area (Å²) in [5, 5.41) is 4.70. The number of carbonyl (C=O) groups is 2. The number of nitrogens with zero attached hydrogens (tertiary/aromatic N) is 3. The number of hydrogen-bond acceptors (Lipinski definition) is 6. The maximum absolute atomic E-state index is 12.5. The lowest BCUT2D eigenvalue weighted by Gasteiger charge is -2.26. The zero-order valence-corrected chi connectivity index (χ0v) is 21.9. The van der Waals surface area contributed by atoms with Crippen molar-refractivity contribution >= 4 is 40.0 Å². The van der Waals surface area contributed by atoms with Crippen LogP contribution in [0.2, 0.25) is 0 Å². The fourth-order valence-corrected chi connectivity index (χ4v) is 4.41. The first-order valence-corrected chi connectivity index (χ1v) is 12.7. The van der Waals surface area contributed by atoms with Gasteiger partial charge in [0.1, 0.15) is 6.61 Å². The van der Waals surface area contributed by atoms with E-state index in [1.807, 2.05) is 59.2 Å². The number of hydrogen-bond donors (Lipinski definition) is 2. The molecule has 1 aromatic heterocycles. The normalized spacial score (nSPS) is 14.1. The van der Waals surface area contributed by atoms with Crippen LogP contribution in [0, 0.1) is 4.77 Å². The van der Waals surface area contributed by atoms with E-state index in [0.29, 0.717) is 27.7 Å². The lowest BCUT2D eigenvalue weighted by atomic mass is 10.2. The number of carbonyl (C=O) groups excluding carboxylic acids is 2. The molecule has 2 amide bonds. The highest BCUT2D eigenvalue weighted by Crippen LogP contribution is 2.36. The van der Waals surface area contributed by atoms with Gasteiger partial charge >= 0.3 is 0 Å². The van der Waals surface area contributed by atoms with Gasteiger partial charge in [0.2, 0.25) is 10.7 Å². The second-order valence-corrected chi connectivity index (χ2v) is 9.44. The van der Waals surface area contributed by atoms with Crippen LogP contribution in [0.4, 0.5) is 0 Å². The summed E-state index contributed by atoms with van der Waals surface area (Å²) in [7, 11) is 0. The molecule has 0 saturated carbocycles. The molecule has 0 radical (unpaired) electrons. The molecule has 1 aliphatic rings. The average Bonchev–Trinajstić information content (AvgIpc) is 3.27. The molecule has 1 unspecified atom stereocenters. The van der Waals surface area contributed by atoms with Crippen molar-refractivity contribution in [1.29, 1.82) is 0 Å². The van der Waals surface area contributed by atoms with Crippen molar-refractivity contribution in [2.45, 2.75) is 19.1 Å². The fourth-order valence-electron chi connectivity index (χ4n) is 3.82. The Morgan fingerprint density at radius 3 is 2.43 bits per heavy atom. The van der Waals surface area contributed by atoms with Gasteiger partial charge in [-0.3, -0.25) is 25.0 Å². The van der Waals surface area contributed by atoms with Gasteiger partial charge in [-0.2, -0.15) is 5.10 Å². The quantitative estimate of drug-likeness (QED) is 0.257. The number of para-hydroxylation sites is 3. The Morgan fingerprint density at radius 1 is 0.973 bits per heavy atom. The number of halogens is 1. The summed E-state index contributed by atoms with van der Waals surface area (Å²) in [5.74, 6) is 1.07. The van der Waals surface area contributed by atoms with Crippen molar-refractivity contribution in [2.24, 2.45) is 0 Å². The van der Waals surface area contributed by atoms with Crippen molar-refractivity contribution in [1.82, 2.24) is 25.2 Å². The summed E-state index contributed by atoms with van der Waals surface area (Å²) in [6.45, 7) is 0.466. The Balaban J connectivity index is 1.31. The molecule has 0 aliphatic carbocycles. The van der Waals surface area contributed by atoms with E-state index in [-0.39, 0.29) is 25.5 Å². The second-order valence-electron chi connectivity index (χ2n) is 8.16. The van der Waals surface area contributed by atoms with Gasteiger partial charge in [-0.1, -0.05) is 46.3 Å². The third-order valence-corrected chi connectivity index (χ3v) is 6.57. The SMILES string of the molecule is O=C(CCn1nc(C2COc3ccccc3O2)n(-c2ccccc2)c1=S)NNC(=O)c1ccc(Br)cc1. The molecule has 188 valence electrons. The van der Waals surface area contributed by atoms with Crippen molar-refractivity contribution in [3.8, 4) is 17.2 Å². The van der Waals surface area contributed by atoms with Crippen LogP contribution in [0.3, 0.4) is 0 Å². The number of fused-ring (bicyclic) bond motifs is 1. The summed E-state index contributed by atoms with van der Waals surface area (Å²) >= 11 is 9.06. The van der Waals surface area contributed by atoms with Gasteiger partial charge in [0.05, 0.1) is 6.54 Å². The molecule has 9 nitrogen and oxygen atoms in total. The first-order chi connectivity index (χ1) is 18.0. The molecule has 1 atom stereocenters. The van der Waals surface area contributed by atoms with E-state index >= 15 is 0 Å². The van der Waals surface area contributed by atoms with Crippen molar-refractivity contribution in [3.63, 3.8) is 0 Å². The Hall–Kier alpha value is -3.96. The fraction of sp³-hybridized carbons (Fsp3) is 0.154. The number of hydrazine groups is 1. The minimum atomic E-state index is -0.503. The zero-order chi connectivity index (χ0) is 25.8. The van der Waals surface area contributed by atoms with E-state index in [2.05, 4.69) is 26.8 Å². The highest BCUT2D eigenvalue weighted by Gasteiger charge is 2.29. The molecular weight excluding hydrogens is 558 g/mol. The first-order valence-electron chi connectivity index (χ1n) is 11.5. The molecule has 37 heavy (non-hydrogen) atoms. The van der Waals surface area contributed by atoms with Crippen LogP contribution < -0.4 is 20.3 Å². The van der Waals surface area contributed by atoms with E-state index < -0.39 is 12.0 Å². The first kappa shape index (κ1) is 24.7. The Morgan fingerprint density at radius 2 is 1.68 bits per heavy atom. The third kappa shape index (κ3) is 5.57. The number of amides is 2. The molecule has 2 heterocycles. The smallest absolute Gasteiger partial charge is 0.269 e. The minimum Gasteiger partial charge on any atom is -0.485 e. The van der Waals surface area contributed by atoms with Crippen LogP contribution in [0.1, 0.15) is 28.7 Å². The van der Waals surface area contributed by atoms with Crippen LogP contribution in [0.25, 0.3) is 5.69 Å². The molecular formula is C26H22BrN5O4S. The van der Waals surface area contributed by atoms with Gasteiger partial charge in [-0.25, -0.2) is 4.68 Å².